The van der Waals surface area contributed by atoms with Gasteiger partial charge in [0.05, 0.1) is 0 Å². The maximum absolute atomic E-state index is 3.58. The van der Waals surface area contributed by atoms with Crippen LogP contribution in [0.15, 0.2) is 0 Å². The monoisotopic (exact) mass is 228 g/mol. The summed E-state index contributed by atoms with van der Waals surface area (Å²) in [5.74, 6) is 0. The van der Waals surface area contributed by atoms with Crippen molar-refractivity contribution in [3.8, 4) is 0 Å². The van der Waals surface area contributed by atoms with Gasteiger partial charge in [-0.25, -0.2) is 0 Å². The van der Waals surface area contributed by atoms with E-state index >= 15 is 0 Å². The zero-order chi connectivity index (χ0) is 12.6. The molecule has 0 saturated carbocycles. The van der Waals surface area contributed by atoms with Crippen molar-refractivity contribution >= 4 is 0 Å². The minimum absolute atomic E-state index is 0.593. The zero-order valence-electron chi connectivity index (χ0n) is 12.2. The second-order valence-electron chi connectivity index (χ2n) is 5.09. The van der Waals surface area contributed by atoms with E-state index in [1.807, 2.05) is 0 Å². The van der Waals surface area contributed by atoms with Gasteiger partial charge in [-0.2, -0.15) is 0 Å². The molecule has 0 saturated heterocycles. The largest absolute Gasteiger partial charge is 0.313 e. The topological polar surface area (TPSA) is 15.3 Å². The third-order valence-electron chi connectivity index (χ3n) is 3.37. The van der Waals surface area contributed by atoms with Gasteiger partial charge in [0.2, 0.25) is 0 Å². The lowest BCUT2D eigenvalue weighted by molar-refractivity contribution is 0.135. The van der Waals surface area contributed by atoms with Crippen molar-refractivity contribution < 1.29 is 0 Å². The van der Waals surface area contributed by atoms with Crippen LogP contribution in [0.25, 0.3) is 0 Å². The number of nitrogens with one attached hydrogen (secondary N) is 1. The van der Waals surface area contributed by atoms with Crippen molar-refractivity contribution in [2.75, 3.05) is 13.1 Å². The van der Waals surface area contributed by atoms with Crippen LogP contribution in [0.5, 0.6) is 0 Å². The molecule has 0 aromatic heterocycles. The average molecular weight is 228 g/mol. The molecular formula is C14H32N2. The standard InChI is InChI=1S/C14H32N2/c1-7-10-14(11-15-12(4)5)16(9-3)13(6)8-2/h12-15H,7-11H2,1-6H3. The van der Waals surface area contributed by atoms with Crippen molar-refractivity contribution in [3.05, 3.63) is 0 Å². The highest BCUT2D eigenvalue weighted by Gasteiger charge is 2.20. The van der Waals surface area contributed by atoms with Gasteiger partial charge in [0.25, 0.3) is 0 Å². The van der Waals surface area contributed by atoms with E-state index in [4.69, 9.17) is 0 Å². The lowest BCUT2D eigenvalue weighted by Gasteiger charge is -2.36. The Morgan fingerprint density at radius 1 is 1.06 bits per heavy atom. The van der Waals surface area contributed by atoms with Gasteiger partial charge in [-0.15, -0.1) is 0 Å². The molecule has 0 rings (SSSR count). The summed E-state index contributed by atoms with van der Waals surface area (Å²) in [5, 5.41) is 3.58. The smallest absolute Gasteiger partial charge is 0.0223 e. The van der Waals surface area contributed by atoms with E-state index in [1.165, 1.54) is 25.8 Å². The van der Waals surface area contributed by atoms with Gasteiger partial charge in [0.15, 0.2) is 0 Å². The summed E-state index contributed by atoms with van der Waals surface area (Å²) in [6, 6.07) is 2.00. The molecule has 2 nitrogen and oxygen atoms in total. The SMILES string of the molecule is CCCC(CNC(C)C)N(CC)C(C)CC. The summed E-state index contributed by atoms with van der Waals surface area (Å²) >= 11 is 0. The highest BCUT2D eigenvalue weighted by atomic mass is 15.2. The van der Waals surface area contributed by atoms with Gasteiger partial charge < -0.3 is 5.32 Å². The summed E-state index contributed by atoms with van der Waals surface area (Å²) in [4.78, 5) is 2.65. The molecular weight excluding hydrogens is 196 g/mol. The fourth-order valence-corrected chi connectivity index (χ4v) is 2.25. The second-order valence-corrected chi connectivity index (χ2v) is 5.09. The van der Waals surface area contributed by atoms with Gasteiger partial charge >= 0.3 is 0 Å². The summed E-state index contributed by atoms with van der Waals surface area (Å²) in [6.45, 7) is 15.9. The fraction of sp³-hybridized carbons (Fsp3) is 1.00. The Balaban J connectivity index is 4.33. The normalized spacial score (nSPS) is 15.8. The van der Waals surface area contributed by atoms with Crippen LogP contribution < -0.4 is 5.32 Å². The first kappa shape index (κ1) is 15.9. The van der Waals surface area contributed by atoms with Gasteiger partial charge in [-0.05, 0) is 26.3 Å². The van der Waals surface area contributed by atoms with Crippen LogP contribution in [-0.4, -0.2) is 36.1 Å². The molecule has 0 aromatic rings. The van der Waals surface area contributed by atoms with Crippen molar-refractivity contribution in [2.45, 2.75) is 78.9 Å². The lowest BCUT2D eigenvalue weighted by Crippen LogP contribution is -2.47. The van der Waals surface area contributed by atoms with E-state index in [9.17, 15) is 0 Å². The molecule has 0 heterocycles. The Hall–Kier alpha value is -0.0800. The number of likely N-dealkylation sites (N-methyl/N-ethyl adjacent to an activating group) is 1. The molecule has 0 aromatic carbocycles. The molecule has 0 amide bonds. The van der Waals surface area contributed by atoms with E-state index < -0.39 is 0 Å². The maximum Gasteiger partial charge on any atom is 0.0223 e. The molecule has 16 heavy (non-hydrogen) atoms. The third-order valence-corrected chi connectivity index (χ3v) is 3.37. The Bertz CT molecular complexity index is 157. The van der Waals surface area contributed by atoms with E-state index in [0.717, 1.165) is 6.54 Å². The fourth-order valence-electron chi connectivity index (χ4n) is 2.25. The summed E-state index contributed by atoms with van der Waals surface area (Å²) in [6.07, 6.45) is 3.82. The molecule has 98 valence electrons. The van der Waals surface area contributed by atoms with Crippen LogP contribution in [0.4, 0.5) is 0 Å². The molecule has 0 radical (unpaired) electrons. The Kier molecular flexibility index (Phi) is 8.96. The minimum atomic E-state index is 0.593. The first-order valence-electron chi connectivity index (χ1n) is 7.05. The molecule has 0 bridgehead atoms. The van der Waals surface area contributed by atoms with Crippen LogP contribution in [0.3, 0.4) is 0 Å². The van der Waals surface area contributed by atoms with Crippen LogP contribution >= 0.6 is 0 Å². The second kappa shape index (κ2) is 9.00. The molecule has 0 aliphatic rings. The predicted molar refractivity (Wildman–Crippen MR) is 74.0 cm³/mol. The van der Waals surface area contributed by atoms with Gasteiger partial charge in [-0.1, -0.05) is 41.0 Å². The van der Waals surface area contributed by atoms with Crippen molar-refractivity contribution in [1.82, 2.24) is 10.2 Å². The van der Waals surface area contributed by atoms with E-state index in [0.29, 0.717) is 18.1 Å². The number of nitrogens with zero attached hydrogens (tertiary/aromatic N) is 1. The highest BCUT2D eigenvalue weighted by Crippen LogP contribution is 2.12. The predicted octanol–water partition coefficient (Wildman–Crippen LogP) is 3.27. The summed E-state index contributed by atoms with van der Waals surface area (Å²) < 4.78 is 0. The average Bonchev–Trinajstić information content (AvgIpc) is 2.26. The number of hydrogen-bond acceptors (Lipinski definition) is 2. The van der Waals surface area contributed by atoms with Gasteiger partial charge in [0, 0.05) is 24.7 Å². The van der Waals surface area contributed by atoms with E-state index in [2.05, 4.69) is 51.8 Å². The molecule has 0 spiro atoms. The van der Waals surface area contributed by atoms with Crippen LogP contribution in [-0.2, 0) is 0 Å². The lowest BCUT2D eigenvalue weighted by atomic mass is 10.1. The molecule has 0 fully saturated rings. The Morgan fingerprint density at radius 2 is 1.69 bits per heavy atom. The summed E-state index contributed by atoms with van der Waals surface area (Å²) in [5.41, 5.74) is 0. The molecule has 0 aliphatic carbocycles. The molecule has 1 N–H and O–H groups in total. The first-order valence-corrected chi connectivity index (χ1v) is 7.05. The minimum Gasteiger partial charge on any atom is -0.313 e. The van der Waals surface area contributed by atoms with Crippen molar-refractivity contribution in [1.29, 1.82) is 0 Å². The Morgan fingerprint density at radius 3 is 2.06 bits per heavy atom. The first-order chi connectivity index (χ1) is 7.56. The molecule has 2 heteroatoms. The number of hydrogen-bond donors (Lipinski definition) is 1. The molecule has 0 aliphatic heterocycles. The van der Waals surface area contributed by atoms with Gasteiger partial charge in [0.1, 0.15) is 0 Å². The van der Waals surface area contributed by atoms with Crippen molar-refractivity contribution in [3.63, 3.8) is 0 Å². The quantitative estimate of drug-likeness (QED) is 0.651. The zero-order valence-corrected chi connectivity index (χ0v) is 12.2. The van der Waals surface area contributed by atoms with Crippen LogP contribution in [0, 0.1) is 0 Å². The molecule has 2 atom stereocenters. The Labute approximate surface area is 103 Å². The number of rotatable bonds is 9. The highest BCUT2D eigenvalue weighted by molar-refractivity contribution is 4.77. The van der Waals surface area contributed by atoms with E-state index in [-0.39, 0.29) is 0 Å². The third kappa shape index (κ3) is 5.86. The van der Waals surface area contributed by atoms with E-state index in [1.54, 1.807) is 0 Å². The van der Waals surface area contributed by atoms with Crippen LogP contribution in [0.2, 0.25) is 0 Å². The van der Waals surface area contributed by atoms with Crippen molar-refractivity contribution in [2.24, 2.45) is 0 Å². The maximum atomic E-state index is 3.58. The molecule has 2 unspecified atom stereocenters. The summed E-state index contributed by atoms with van der Waals surface area (Å²) in [7, 11) is 0. The van der Waals surface area contributed by atoms with Gasteiger partial charge in [-0.3, -0.25) is 4.90 Å². The van der Waals surface area contributed by atoms with Crippen LogP contribution in [0.1, 0.15) is 60.8 Å².